The zero-order valence-corrected chi connectivity index (χ0v) is 11.8. The van der Waals surface area contributed by atoms with Crippen molar-refractivity contribution in [3.05, 3.63) is 16.6 Å². The molecule has 1 fully saturated rings. The van der Waals surface area contributed by atoms with Crippen LogP contribution in [0, 0.1) is 5.92 Å². The number of nitrogens with one attached hydrogen (secondary N) is 2. The Balaban J connectivity index is 2.01. The molecule has 0 bridgehead atoms. The Morgan fingerprint density at radius 1 is 1.55 bits per heavy atom. The van der Waals surface area contributed by atoms with Gasteiger partial charge in [0.1, 0.15) is 5.39 Å². The molecule has 1 saturated carbocycles. The zero-order chi connectivity index (χ0) is 14.5. The van der Waals surface area contributed by atoms with Crippen molar-refractivity contribution in [3.63, 3.8) is 0 Å². The summed E-state index contributed by atoms with van der Waals surface area (Å²) in [4.78, 5) is 19.2. The van der Waals surface area contributed by atoms with E-state index in [9.17, 15) is 4.79 Å². The molecule has 0 aliphatic heterocycles. The van der Waals surface area contributed by atoms with Gasteiger partial charge >= 0.3 is 0 Å². The van der Waals surface area contributed by atoms with Gasteiger partial charge in [-0.3, -0.25) is 9.78 Å². The molecule has 3 rings (SSSR count). The highest BCUT2D eigenvalue weighted by atomic mass is 16.3. The molecule has 108 valence electrons. The topological polar surface area (TPSA) is 95.8 Å². The molecule has 1 aliphatic rings. The van der Waals surface area contributed by atoms with Crippen molar-refractivity contribution in [3.8, 4) is 0 Å². The summed E-state index contributed by atoms with van der Waals surface area (Å²) < 4.78 is 1.75. The third-order valence-corrected chi connectivity index (χ3v) is 3.55. The predicted molar refractivity (Wildman–Crippen MR) is 75.7 cm³/mol. The molecule has 0 unspecified atom stereocenters. The van der Waals surface area contributed by atoms with Gasteiger partial charge in [-0.1, -0.05) is 0 Å². The SMILES string of the molecule is CC(C)(C)n1ncc2c(=O)[nH]c(N[C@@H]3C[C@H]3CO)nc21. The molecule has 0 amide bonds. The van der Waals surface area contributed by atoms with Crippen LogP contribution < -0.4 is 10.9 Å². The van der Waals surface area contributed by atoms with Gasteiger partial charge in [-0.25, -0.2) is 4.68 Å². The van der Waals surface area contributed by atoms with Crippen LogP contribution in [0.25, 0.3) is 11.0 Å². The summed E-state index contributed by atoms with van der Waals surface area (Å²) >= 11 is 0. The fourth-order valence-electron chi connectivity index (χ4n) is 2.28. The lowest BCUT2D eigenvalue weighted by atomic mass is 10.1. The highest BCUT2D eigenvalue weighted by Crippen LogP contribution is 2.32. The Hall–Kier alpha value is -1.89. The molecule has 0 aromatic carbocycles. The summed E-state index contributed by atoms with van der Waals surface area (Å²) in [6.45, 7) is 6.19. The molecular formula is C13H19N5O2. The van der Waals surface area contributed by atoms with Crippen LogP contribution in [0.5, 0.6) is 0 Å². The second-order valence-corrected chi connectivity index (χ2v) is 6.31. The molecule has 3 N–H and O–H groups in total. The number of hydrogen-bond acceptors (Lipinski definition) is 5. The van der Waals surface area contributed by atoms with Crippen LogP contribution >= 0.6 is 0 Å². The van der Waals surface area contributed by atoms with Gasteiger partial charge in [0.15, 0.2) is 5.65 Å². The summed E-state index contributed by atoms with van der Waals surface area (Å²) in [5.74, 6) is 0.693. The first-order valence-corrected chi connectivity index (χ1v) is 6.76. The number of nitrogens with zero attached hydrogens (tertiary/aromatic N) is 3. The average molecular weight is 277 g/mol. The third-order valence-electron chi connectivity index (χ3n) is 3.55. The van der Waals surface area contributed by atoms with E-state index in [1.54, 1.807) is 10.9 Å². The lowest BCUT2D eigenvalue weighted by Crippen LogP contribution is -2.24. The third kappa shape index (κ3) is 2.18. The van der Waals surface area contributed by atoms with Gasteiger partial charge in [-0.05, 0) is 27.2 Å². The smallest absolute Gasteiger partial charge is 0.263 e. The van der Waals surface area contributed by atoms with E-state index in [4.69, 9.17) is 5.11 Å². The number of aliphatic hydroxyl groups is 1. The number of rotatable bonds is 3. The van der Waals surface area contributed by atoms with Gasteiger partial charge in [-0.2, -0.15) is 10.1 Å². The van der Waals surface area contributed by atoms with E-state index in [2.05, 4.69) is 20.4 Å². The molecule has 0 spiro atoms. The Morgan fingerprint density at radius 3 is 2.90 bits per heavy atom. The first-order chi connectivity index (χ1) is 9.40. The maximum absolute atomic E-state index is 12.1. The second-order valence-electron chi connectivity index (χ2n) is 6.31. The number of hydrogen-bond donors (Lipinski definition) is 3. The number of aromatic amines is 1. The fraction of sp³-hybridized carbons (Fsp3) is 0.615. The summed E-state index contributed by atoms with van der Waals surface area (Å²) in [6, 6.07) is 0.187. The lowest BCUT2D eigenvalue weighted by Gasteiger charge is -2.19. The largest absolute Gasteiger partial charge is 0.396 e. The van der Waals surface area contributed by atoms with Crippen molar-refractivity contribution in [2.75, 3.05) is 11.9 Å². The molecule has 20 heavy (non-hydrogen) atoms. The van der Waals surface area contributed by atoms with E-state index in [-0.39, 0.29) is 29.7 Å². The number of H-pyrrole nitrogens is 1. The maximum Gasteiger partial charge on any atom is 0.263 e. The van der Waals surface area contributed by atoms with Gasteiger partial charge in [0.25, 0.3) is 5.56 Å². The van der Waals surface area contributed by atoms with Crippen molar-refractivity contribution in [2.24, 2.45) is 5.92 Å². The molecule has 2 heterocycles. The standard InChI is InChI=1S/C13H19N5O2/c1-13(2,3)18-10-8(5-14-18)11(20)17-12(16-10)15-9-4-7(9)6-19/h5,7,9,19H,4,6H2,1-3H3,(H2,15,16,17,20)/t7-,9+/m0/s1. The molecule has 2 atom stereocenters. The number of aliphatic hydroxyl groups excluding tert-OH is 1. The van der Waals surface area contributed by atoms with E-state index >= 15 is 0 Å². The van der Waals surface area contributed by atoms with Crippen LogP contribution in [-0.4, -0.2) is 37.5 Å². The molecular weight excluding hydrogens is 258 g/mol. The van der Waals surface area contributed by atoms with E-state index in [1.165, 1.54) is 0 Å². The van der Waals surface area contributed by atoms with Gasteiger partial charge in [0.05, 0.1) is 11.7 Å². The van der Waals surface area contributed by atoms with Crippen molar-refractivity contribution < 1.29 is 5.11 Å². The summed E-state index contributed by atoms with van der Waals surface area (Å²) in [7, 11) is 0. The Labute approximate surface area is 116 Å². The monoisotopic (exact) mass is 277 g/mol. The van der Waals surface area contributed by atoms with Crippen LogP contribution in [0.3, 0.4) is 0 Å². The van der Waals surface area contributed by atoms with E-state index in [0.717, 1.165) is 6.42 Å². The van der Waals surface area contributed by atoms with Crippen molar-refractivity contribution in [1.82, 2.24) is 19.7 Å². The van der Waals surface area contributed by atoms with Gasteiger partial charge in [-0.15, -0.1) is 0 Å². The summed E-state index contributed by atoms with van der Waals surface area (Å²) in [5, 5.41) is 16.9. The first kappa shape index (κ1) is 13.1. The highest BCUT2D eigenvalue weighted by Gasteiger charge is 2.37. The minimum atomic E-state index is -0.243. The Kier molecular flexibility index (Phi) is 2.82. The Morgan fingerprint density at radius 2 is 2.30 bits per heavy atom. The lowest BCUT2D eigenvalue weighted by molar-refractivity contribution is 0.275. The number of fused-ring (bicyclic) bond motifs is 1. The molecule has 2 aromatic heterocycles. The maximum atomic E-state index is 12.1. The van der Waals surface area contributed by atoms with Gasteiger partial charge < -0.3 is 10.4 Å². The van der Waals surface area contributed by atoms with E-state index < -0.39 is 0 Å². The fourth-order valence-corrected chi connectivity index (χ4v) is 2.28. The van der Waals surface area contributed by atoms with Gasteiger partial charge in [0.2, 0.25) is 5.95 Å². The Bertz CT molecular complexity index is 697. The van der Waals surface area contributed by atoms with Gasteiger partial charge in [0, 0.05) is 18.6 Å². The molecule has 0 radical (unpaired) electrons. The van der Waals surface area contributed by atoms with Crippen molar-refractivity contribution in [2.45, 2.75) is 38.8 Å². The van der Waals surface area contributed by atoms with Crippen LogP contribution in [0.4, 0.5) is 5.95 Å². The second kappa shape index (κ2) is 4.31. The van der Waals surface area contributed by atoms with Crippen LogP contribution in [-0.2, 0) is 5.54 Å². The average Bonchev–Trinajstić information content (AvgIpc) is 2.93. The summed E-state index contributed by atoms with van der Waals surface area (Å²) in [6.07, 6.45) is 2.45. The highest BCUT2D eigenvalue weighted by molar-refractivity contribution is 5.74. The van der Waals surface area contributed by atoms with Crippen molar-refractivity contribution >= 4 is 17.0 Å². The van der Waals surface area contributed by atoms with Crippen LogP contribution in [0.2, 0.25) is 0 Å². The normalized spacial score (nSPS) is 22.2. The minimum absolute atomic E-state index is 0.157. The van der Waals surface area contributed by atoms with Crippen LogP contribution in [0.15, 0.2) is 11.0 Å². The quantitative estimate of drug-likeness (QED) is 0.766. The summed E-state index contributed by atoms with van der Waals surface area (Å²) in [5.41, 5.74) is 0.131. The number of anilines is 1. The van der Waals surface area contributed by atoms with Crippen molar-refractivity contribution in [1.29, 1.82) is 0 Å². The van der Waals surface area contributed by atoms with E-state index in [1.807, 2.05) is 20.8 Å². The molecule has 2 aromatic rings. The predicted octanol–water partition coefficient (Wildman–Crippen LogP) is 0.667. The van der Waals surface area contributed by atoms with E-state index in [0.29, 0.717) is 17.0 Å². The molecule has 7 heteroatoms. The number of aromatic nitrogens is 4. The first-order valence-electron chi connectivity index (χ1n) is 6.76. The zero-order valence-electron chi connectivity index (χ0n) is 11.8. The minimum Gasteiger partial charge on any atom is -0.396 e. The molecule has 1 aliphatic carbocycles. The van der Waals surface area contributed by atoms with Crippen LogP contribution in [0.1, 0.15) is 27.2 Å². The molecule has 7 nitrogen and oxygen atoms in total. The molecule has 0 saturated heterocycles.